The van der Waals surface area contributed by atoms with Crippen molar-refractivity contribution in [1.29, 1.82) is 0 Å². The zero-order valence-corrected chi connectivity index (χ0v) is 22.1. The van der Waals surface area contributed by atoms with E-state index >= 15 is 0 Å². The molecule has 2 N–H and O–H groups in total. The van der Waals surface area contributed by atoms with Crippen LogP contribution in [0.2, 0.25) is 0 Å². The smallest absolute Gasteiger partial charge is 0.332 e. The molecule has 0 unspecified atom stereocenters. The molecule has 0 bridgehead atoms. The topological polar surface area (TPSA) is 117 Å². The lowest BCUT2D eigenvalue weighted by Gasteiger charge is -2.23. The third-order valence-electron chi connectivity index (χ3n) is 5.14. The number of aromatic nitrogens is 2. The number of nitrogens with zero attached hydrogens (tertiary/aromatic N) is 3. The van der Waals surface area contributed by atoms with Gasteiger partial charge in [-0.05, 0) is 35.2 Å². The number of aliphatic imine (C=N–C) groups is 1. The Hall–Kier alpha value is -3.11. The van der Waals surface area contributed by atoms with Crippen molar-refractivity contribution in [3.8, 4) is 0 Å². The number of sulfone groups is 1. The molecule has 0 saturated heterocycles. The van der Waals surface area contributed by atoms with E-state index in [0.717, 1.165) is 21.3 Å². The number of nitrogens with two attached hydrogens (primary N) is 1. The number of rotatable bonds is 6. The molecule has 0 fully saturated rings. The number of anilines is 1. The van der Waals surface area contributed by atoms with Gasteiger partial charge in [0.2, 0.25) is 0 Å². The summed E-state index contributed by atoms with van der Waals surface area (Å²) in [7, 11) is -1.88. The Labute approximate surface area is 209 Å². The van der Waals surface area contributed by atoms with E-state index in [4.69, 9.17) is 10.7 Å². The second-order valence-corrected chi connectivity index (χ2v) is 12.6. The van der Waals surface area contributed by atoms with Crippen LogP contribution >= 0.6 is 11.8 Å². The van der Waals surface area contributed by atoms with E-state index in [1.165, 1.54) is 35.5 Å². The summed E-state index contributed by atoms with van der Waals surface area (Å²) in [6, 6.07) is 15.9. The van der Waals surface area contributed by atoms with Gasteiger partial charge >= 0.3 is 5.69 Å². The summed E-state index contributed by atoms with van der Waals surface area (Å²) in [6.07, 6.45) is 1.15. The lowest BCUT2D eigenvalue weighted by Crippen LogP contribution is -2.43. The Balaban J connectivity index is 2.14. The summed E-state index contributed by atoms with van der Waals surface area (Å²) in [6.45, 7) is 6.47. The minimum absolute atomic E-state index is 0.0719. The van der Waals surface area contributed by atoms with Gasteiger partial charge in [0.05, 0.1) is 11.4 Å². The van der Waals surface area contributed by atoms with E-state index in [0.29, 0.717) is 11.6 Å². The van der Waals surface area contributed by atoms with Gasteiger partial charge in [-0.15, -0.1) is 0 Å². The molecular formula is C25H30N4O4S2. The minimum Gasteiger partial charge on any atom is -0.384 e. The van der Waals surface area contributed by atoms with Gasteiger partial charge in [0.1, 0.15) is 16.4 Å². The van der Waals surface area contributed by atoms with Crippen LogP contribution in [0.25, 0.3) is 0 Å². The number of thioether (sulfide) groups is 1. The van der Waals surface area contributed by atoms with Crippen LogP contribution in [0.4, 0.5) is 5.82 Å². The molecule has 35 heavy (non-hydrogen) atoms. The standard InChI is InChI=1S/C25H30N4O4S2/c1-25(2,3)16-29-21(26)20(23(30)28(4)24(29)31)22(34-18-9-7-6-8-10-18)27-15-17-11-13-19(14-12-17)35(5,32)33/h6-14H,15-16,26H2,1-5H3. The molecule has 2 aromatic carbocycles. The van der Waals surface area contributed by atoms with Crippen LogP contribution in [0.3, 0.4) is 0 Å². The van der Waals surface area contributed by atoms with E-state index < -0.39 is 21.1 Å². The predicted molar refractivity (Wildman–Crippen MR) is 142 cm³/mol. The Morgan fingerprint density at radius 1 is 1.03 bits per heavy atom. The summed E-state index contributed by atoms with van der Waals surface area (Å²) < 4.78 is 26.0. The van der Waals surface area contributed by atoms with Crippen molar-refractivity contribution in [3.63, 3.8) is 0 Å². The quantitative estimate of drug-likeness (QED) is 0.306. The van der Waals surface area contributed by atoms with E-state index in [1.807, 2.05) is 51.1 Å². The first kappa shape index (κ1) is 26.5. The highest BCUT2D eigenvalue weighted by atomic mass is 32.2. The summed E-state index contributed by atoms with van der Waals surface area (Å²) in [5, 5.41) is 0.379. The van der Waals surface area contributed by atoms with Crippen LogP contribution in [-0.2, 0) is 30.0 Å². The van der Waals surface area contributed by atoms with Crippen molar-refractivity contribution in [2.75, 3.05) is 12.0 Å². The van der Waals surface area contributed by atoms with Crippen molar-refractivity contribution in [2.45, 2.75) is 43.7 Å². The second kappa shape index (κ2) is 10.2. The maximum Gasteiger partial charge on any atom is 0.332 e. The SMILES string of the molecule is Cn1c(=O)c(C(=NCc2ccc(S(C)(=O)=O)cc2)Sc2ccccc2)c(N)n(CC(C)(C)C)c1=O. The minimum atomic E-state index is -3.31. The molecule has 0 spiro atoms. The molecule has 8 nitrogen and oxygen atoms in total. The molecule has 0 aliphatic carbocycles. The average molecular weight is 515 g/mol. The fraction of sp³-hybridized carbons (Fsp3) is 0.320. The summed E-state index contributed by atoms with van der Waals surface area (Å²) in [5.41, 5.74) is 6.12. The number of hydrogen-bond acceptors (Lipinski definition) is 7. The van der Waals surface area contributed by atoms with Gasteiger partial charge in [-0.25, -0.2) is 13.2 Å². The van der Waals surface area contributed by atoms with Crippen molar-refractivity contribution < 1.29 is 8.42 Å². The molecule has 186 valence electrons. The van der Waals surface area contributed by atoms with Crippen LogP contribution in [0.1, 0.15) is 31.9 Å². The molecule has 0 atom stereocenters. The third kappa shape index (κ3) is 6.52. The highest BCUT2D eigenvalue weighted by Crippen LogP contribution is 2.26. The predicted octanol–water partition coefficient (Wildman–Crippen LogP) is 3.32. The van der Waals surface area contributed by atoms with Gasteiger partial charge in [0.25, 0.3) is 5.56 Å². The van der Waals surface area contributed by atoms with Crippen LogP contribution in [0, 0.1) is 5.41 Å². The fourth-order valence-corrected chi connectivity index (χ4v) is 4.95. The highest BCUT2D eigenvalue weighted by molar-refractivity contribution is 8.14. The Bertz CT molecular complexity index is 1470. The number of benzene rings is 2. The second-order valence-electron chi connectivity index (χ2n) is 9.51. The van der Waals surface area contributed by atoms with Gasteiger partial charge < -0.3 is 5.73 Å². The van der Waals surface area contributed by atoms with Gasteiger partial charge in [0.15, 0.2) is 9.84 Å². The molecule has 3 aromatic rings. The summed E-state index contributed by atoms with van der Waals surface area (Å²) in [4.78, 5) is 31.9. The maximum absolute atomic E-state index is 13.2. The monoisotopic (exact) mass is 514 g/mol. The van der Waals surface area contributed by atoms with Gasteiger partial charge in [-0.2, -0.15) is 0 Å². The zero-order valence-electron chi connectivity index (χ0n) is 20.5. The Kier molecular flexibility index (Phi) is 7.76. The first-order valence-electron chi connectivity index (χ1n) is 10.9. The molecule has 0 aliphatic heterocycles. The van der Waals surface area contributed by atoms with Crippen molar-refractivity contribution >= 4 is 32.5 Å². The molecule has 1 heterocycles. The first-order chi connectivity index (χ1) is 16.3. The maximum atomic E-state index is 13.2. The average Bonchev–Trinajstić information content (AvgIpc) is 2.78. The van der Waals surface area contributed by atoms with Crippen LogP contribution in [-0.4, -0.2) is 28.9 Å². The van der Waals surface area contributed by atoms with Gasteiger partial charge in [-0.1, -0.05) is 62.9 Å². The molecule has 10 heteroatoms. The molecule has 0 aliphatic rings. The van der Waals surface area contributed by atoms with Crippen molar-refractivity contribution in [1.82, 2.24) is 9.13 Å². The lowest BCUT2D eigenvalue weighted by molar-refractivity contribution is 0.334. The van der Waals surface area contributed by atoms with Crippen LogP contribution in [0.15, 0.2) is 79.0 Å². The summed E-state index contributed by atoms with van der Waals surface area (Å²) in [5.74, 6) is 0.0719. The molecule has 0 amide bonds. The normalized spacial score (nSPS) is 12.7. The van der Waals surface area contributed by atoms with E-state index in [1.54, 1.807) is 12.1 Å². The zero-order chi connectivity index (χ0) is 26.0. The Morgan fingerprint density at radius 2 is 1.63 bits per heavy atom. The largest absolute Gasteiger partial charge is 0.384 e. The van der Waals surface area contributed by atoms with Crippen LogP contribution < -0.4 is 17.0 Å². The molecule has 0 radical (unpaired) electrons. The first-order valence-corrected chi connectivity index (χ1v) is 13.6. The third-order valence-corrected chi connectivity index (χ3v) is 7.31. The van der Waals surface area contributed by atoms with Crippen molar-refractivity contribution in [2.24, 2.45) is 17.5 Å². The highest BCUT2D eigenvalue weighted by Gasteiger charge is 2.23. The molecule has 1 aromatic heterocycles. The van der Waals surface area contributed by atoms with Crippen molar-refractivity contribution in [3.05, 3.63) is 86.6 Å². The number of nitrogen functional groups attached to an aromatic ring is 1. The number of hydrogen-bond donors (Lipinski definition) is 1. The van der Waals surface area contributed by atoms with E-state index in [9.17, 15) is 18.0 Å². The van der Waals surface area contributed by atoms with Gasteiger partial charge in [-0.3, -0.25) is 18.9 Å². The van der Waals surface area contributed by atoms with Crippen LogP contribution in [0.5, 0.6) is 0 Å². The molecule has 3 rings (SSSR count). The lowest BCUT2D eigenvalue weighted by atomic mass is 9.97. The molecule has 0 saturated carbocycles. The van der Waals surface area contributed by atoms with E-state index in [2.05, 4.69) is 0 Å². The van der Waals surface area contributed by atoms with Gasteiger partial charge in [0, 0.05) is 24.7 Å². The van der Waals surface area contributed by atoms with E-state index in [-0.39, 0.29) is 28.2 Å². The summed E-state index contributed by atoms with van der Waals surface area (Å²) >= 11 is 1.28. The molecular weight excluding hydrogens is 484 g/mol. The fourth-order valence-electron chi connectivity index (χ4n) is 3.38. The Morgan fingerprint density at radius 3 is 2.17 bits per heavy atom.